The molecule has 3 aliphatic rings. The number of carbonyl (C=O) groups excluding carboxylic acids is 2. The second-order valence-corrected chi connectivity index (χ2v) is 18.7. The van der Waals surface area contributed by atoms with E-state index in [1.54, 1.807) is 40.8 Å². The molecule has 0 radical (unpaired) electrons. The van der Waals surface area contributed by atoms with Gasteiger partial charge in [-0.15, -0.1) is 0 Å². The molecule has 310 valence electrons. The number of carbonyl (C=O) groups is 2. The lowest BCUT2D eigenvalue weighted by Crippen LogP contribution is -2.40. The third kappa shape index (κ3) is 9.97. The number of nitrogens with one attached hydrogen (secondary N) is 2. The topological polar surface area (TPSA) is 158 Å². The van der Waals surface area contributed by atoms with Gasteiger partial charge in [0.15, 0.2) is 11.5 Å². The monoisotopic (exact) mass is 828 g/mol. The van der Waals surface area contributed by atoms with Crippen LogP contribution in [0.5, 0.6) is 17.2 Å². The molecular weight excluding hydrogens is 773 g/mol. The SMILES string of the molecule is COc1c(O)ccc2c1-c1ccc3ccc(O)cc3c1[C@@H]1CC[C@H](C[C@H](O)CSS1)[C@@H](O[C@H](NC1CCCCC1)c1ccc(NCC(C)=O)c(CO)c1)CC(=O)CC2. The Hall–Kier alpha value is -3.78. The number of ketones is 2. The zero-order chi connectivity index (χ0) is 40.8. The molecule has 58 heavy (non-hydrogen) atoms. The summed E-state index contributed by atoms with van der Waals surface area (Å²) in [4.78, 5) is 26.1. The Morgan fingerprint density at radius 3 is 2.55 bits per heavy atom. The first-order chi connectivity index (χ1) is 28.1. The lowest BCUT2D eigenvalue weighted by molar-refractivity contribution is -0.128. The predicted molar refractivity (Wildman–Crippen MR) is 233 cm³/mol. The number of aliphatic hydroxyl groups excluding tert-OH is 2. The number of anilines is 1. The van der Waals surface area contributed by atoms with Crippen molar-refractivity contribution in [3.05, 3.63) is 82.9 Å². The van der Waals surface area contributed by atoms with Crippen LogP contribution in [0.4, 0.5) is 5.69 Å². The number of aryl methyl sites for hydroxylation is 1. The Kier molecular flexibility index (Phi) is 14.3. The summed E-state index contributed by atoms with van der Waals surface area (Å²) in [5.74, 6) is 0.859. The van der Waals surface area contributed by atoms with Crippen molar-refractivity contribution in [1.29, 1.82) is 0 Å². The summed E-state index contributed by atoms with van der Waals surface area (Å²) in [6.07, 6.45) is 6.33. The summed E-state index contributed by atoms with van der Waals surface area (Å²) in [5.41, 5.74) is 5.67. The van der Waals surface area contributed by atoms with Gasteiger partial charge in [-0.3, -0.25) is 14.9 Å². The molecule has 6 N–H and O–H groups in total. The van der Waals surface area contributed by atoms with Gasteiger partial charge in [0.05, 0.1) is 32.5 Å². The van der Waals surface area contributed by atoms with Gasteiger partial charge in [-0.2, -0.15) is 0 Å². The quantitative estimate of drug-likeness (QED) is 0.0668. The Bertz CT molecular complexity index is 2090. The maximum Gasteiger partial charge on any atom is 0.168 e. The van der Waals surface area contributed by atoms with E-state index < -0.39 is 18.4 Å². The van der Waals surface area contributed by atoms with Crippen molar-refractivity contribution in [1.82, 2.24) is 5.32 Å². The number of aliphatic hydroxyl groups is 2. The number of benzene rings is 4. The predicted octanol–water partition coefficient (Wildman–Crippen LogP) is 8.92. The minimum Gasteiger partial charge on any atom is -0.508 e. The highest BCUT2D eigenvalue weighted by atomic mass is 33.1. The third-order valence-corrected chi connectivity index (χ3v) is 14.8. The average Bonchev–Trinajstić information content (AvgIpc) is 3.31. The fraction of sp³-hybridized carbons (Fsp3) is 0.478. The van der Waals surface area contributed by atoms with Gasteiger partial charge in [0, 0.05) is 46.7 Å². The van der Waals surface area contributed by atoms with E-state index in [0.29, 0.717) is 48.4 Å². The van der Waals surface area contributed by atoms with Crippen LogP contribution in [0, 0.1) is 5.92 Å². The van der Waals surface area contributed by atoms with Crippen molar-refractivity contribution in [2.45, 2.75) is 114 Å². The number of hydrogen-bond acceptors (Lipinski definition) is 12. The first kappa shape index (κ1) is 42.3. The van der Waals surface area contributed by atoms with E-state index in [4.69, 9.17) is 9.47 Å². The first-order valence-electron chi connectivity index (χ1n) is 20.6. The normalized spacial score (nSPS) is 22.6. The van der Waals surface area contributed by atoms with Crippen LogP contribution in [0.1, 0.15) is 105 Å². The van der Waals surface area contributed by atoms with Crippen molar-refractivity contribution < 1.29 is 39.5 Å². The summed E-state index contributed by atoms with van der Waals surface area (Å²) in [6, 6.07) is 19.0. The van der Waals surface area contributed by atoms with E-state index in [0.717, 1.165) is 64.3 Å². The van der Waals surface area contributed by atoms with Crippen molar-refractivity contribution in [2.75, 3.05) is 24.7 Å². The Morgan fingerprint density at radius 2 is 1.78 bits per heavy atom. The molecule has 10 nitrogen and oxygen atoms in total. The number of ether oxygens (including phenoxy) is 2. The third-order valence-electron chi connectivity index (χ3n) is 11.9. The number of rotatable bonds is 10. The van der Waals surface area contributed by atoms with Gasteiger partial charge in [-0.1, -0.05) is 71.2 Å². The fourth-order valence-corrected chi connectivity index (χ4v) is 11.9. The number of fused-ring (bicyclic) bond motifs is 9. The van der Waals surface area contributed by atoms with E-state index in [9.17, 15) is 30.0 Å². The van der Waals surface area contributed by atoms with Gasteiger partial charge in [0.2, 0.25) is 0 Å². The van der Waals surface area contributed by atoms with Gasteiger partial charge >= 0.3 is 0 Å². The van der Waals surface area contributed by atoms with E-state index in [1.807, 2.05) is 42.5 Å². The molecule has 0 amide bonds. The van der Waals surface area contributed by atoms with Crippen molar-refractivity contribution in [2.24, 2.45) is 5.92 Å². The van der Waals surface area contributed by atoms with Gasteiger partial charge in [0.25, 0.3) is 0 Å². The number of phenols is 2. The lowest BCUT2D eigenvalue weighted by atomic mass is 9.85. The van der Waals surface area contributed by atoms with E-state index in [1.165, 1.54) is 13.3 Å². The molecule has 0 aromatic heterocycles. The van der Waals surface area contributed by atoms with Crippen molar-refractivity contribution in [3.63, 3.8) is 0 Å². The molecule has 4 aromatic rings. The zero-order valence-corrected chi connectivity index (χ0v) is 35.0. The molecular formula is C46H56N2O8S2. The molecule has 2 fully saturated rings. The summed E-state index contributed by atoms with van der Waals surface area (Å²) in [5, 5.41) is 52.6. The Labute approximate surface area is 348 Å². The minimum atomic E-state index is -0.624. The van der Waals surface area contributed by atoms with Gasteiger partial charge in [-0.25, -0.2) is 0 Å². The maximum absolute atomic E-state index is 14.3. The molecule has 0 spiro atoms. The van der Waals surface area contributed by atoms with Crippen LogP contribution in [0.2, 0.25) is 0 Å². The van der Waals surface area contributed by atoms with Crippen LogP contribution in [0.3, 0.4) is 0 Å². The van der Waals surface area contributed by atoms with Crippen molar-refractivity contribution in [3.8, 4) is 28.4 Å². The van der Waals surface area contributed by atoms with E-state index in [-0.39, 0.29) is 66.3 Å². The fourth-order valence-electron chi connectivity index (χ4n) is 9.00. The molecule has 7 rings (SSSR count). The number of Topliss-reactive ketones (excluding diaryl/α,β-unsaturated/α-hetero) is 2. The summed E-state index contributed by atoms with van der Waals surface area (Å²) >= 11 is 0. The lowest BCUT2D eigenvalue weighted by Gasteiger charge is -2.35. The van der Waals surface area contributed by atoms with Crippen LogP contribution in [-0.2, 0) is 27.4 Å². The molecule has 1 heterocycles. The van der Waals surface area contributed by atoms with E-state index in [2.05, 4.69) is 16.7 Å². The van der Waals surface area contributed by atoms with Crippen LogP contribution in [0.25, 0.3) is 21.9 Å². The summed E-state index contributed by atoms with van der Waals surface area (Å²) in [7, 11) is 4.88. The second-order valence-electron chi connectivity index (χ2n) is 16.1. The molecule has 12 heteroatoms. The standard InChI is InChI=1S/C46H56N2O8S2/c1-27(50)24-47-39-17-11-31(20-32(39)25-49)46(48-33-6-4-3-5-7-33)56-41-23-35(52)15-9-29-12-18-40(54)45(55-2)43(29)37-16-10-28-8-14-34(51)22-38(28)44(37)42-19-13-30(41)21-36(53)26-57-58-42/h8,10-12,14,16-18,20,22,30,33,36,41-42,46-49,51,53-54H,3-7,9,13,15,19,21,23-26H2,1-2H3/t30-,36+,41+,42+,46+/m1/s1. The Morgan fingerprint density at radius 1 is 0.966 bits per heavy atom. The second kappa shape index (κ2) is 19.5. The highest BCUT2D eigenvalue weighted by molar-refractivity contribution is 8.76. The van der Waals surface area contributed by atoms with Gasteiger partial charge in [0.1, 0.15) is 23.5 Å². The van der Waals surface area contributed by atoms with Crippen LogP contribution in [0.15, 0.2) is 60.7 Å². The molecule has 0 unspecified atom stereocenters. The highest BCUT2D eigenvalue weighted by Gasteiger charge is 2.35. The average molecular weight is 829 g/mol. The number of phenolic OH excluding ortho intramolecular Hbond substituents is 2. The van der Waals surface area contributed by atoms with Crippen LogP contribution < -0.4 is 15.4 Å². The molecule has 1 aliphatic heterocycles. The van der Waals surface area contributed by atoms with E-state index >= 15 is 0 Å². The van der Waals surface area contributed by atoms with Crippen LogP contribution >= 0.6 is 21.6 Å². The largest absolute Gasteiger partial charge is 0.508 e. The number of methoxy groups -OCH3 is 1. The summed E-state index contributed by atoms with van der Waals surface area (Å²) < 4.78 is 13.1. The maximum atomic E-state index is 14.3. The summed E-state index contributed by atoms with van der Waals surface area (Å²) in [6.45, 7) is 1.44. The number of aromatic hydroxyl groups is 2. The molecule has 4 aromatic carbocycles. The zero-order valence-electron chi connectivity index (χ0n) is 33.4. The molecule has 1 saturated heterocycles. The number of hydrogen-bond donors (Lipinski definition) is 6. The van der Waals surface area contributed by atoms with Gasteiger partial charge < -0.3 is 35.2 Å². The minimum absolute atomic E-state index is 0.00974. The molecule has 2 bridgehead atoms. The van der Waals surface area contributed by atoms with Crippen LogP contribution in [-0.4, -0.2) is 69.6 Å². The first-order valence-corrected chi connectivity index (χ1v) is 23.0. The smallest absolute Gasteiger partial charge is 0.168 e. The molecule has 5 atom stereocenters. The van der Waals surface area contributed by atoms with Gasteiger partial charge in [-0.05, 0) is 115 Å². The molecule has 1 saturated carbocycles. The van der Waals surface area contributed by atoms with Crippen molar-refractivity contribution >= 4 is 49.6 Å². The Balaban J connectivity index is 1.32. The molecule has 2 aliphatic carbocycles. The highest BCUT2D eigenvalue weighted by Crippen LogP contribution is 2.53.